The summed E-state index contributed by atoms with van der Waals surface area (Å²) in [4.78, 5) is 12.2. The largest absolute Gasteiger partial charge is 0.308 e. The molecule has 0 radical (unpaired) electrons. The van der Waals surface area contributed by atoms with Gasteiger partial charge in [0, 0.05) is 53.2 Å². The molecule has 0 aliphatic rings. The summed E-state index contributed by atoms with van der Waals surface area (Å²) in [5, 5.41) is 12.0. The van der Waals surface area contributed by atoms with Gasteiger partial charge >= 0.3 is 0 Å². The molecular formula is C52H29N5S. The summed E-state index contributed by atoms with van der Waals surface area (Å²) in [6, 6.07) is 63.8. The molecule has 6 aromatic heterocycles. The standard InChI is InChI=1S/C52H29N5S/c1-2-14-30(15-3-1)31-26-27-43-38(28-31)46-44(29-37-34-18-6-9-21-39(34)55-42-24-12-7-19-35(42)47(46)49(37)55)56(43)50-48-36-20-8-13-25-45(36)58-51(48)54-52(53-50)57-40-22-10-4-16-32(40)33-17-5-11-23-41(33)57/h1-29H. The van der Waals surface area contributed by atoms with E-state index in [0.29, 0.717) is 5.95 Å². The lowest BCUT2D eigenvalue weighted by Crippen LogP contribution is -2.06. The molecule has 6 heteroatoms. The third-order valence-corrected chi connectivity index (χ3v) is 13.5. The van der Waals surface area contributed by atoms with Crippen molar-refractivity contribution in [3.05, 3.63) is 176 Å². The number of hydrogen-bond donors (Lipinski definition) is 0. The first kappa shape index (κ1) is 30.7. The Hall–Kier alpha value is -7.54. The zero-order chi connectivity index (χ0) is 37.6. The maximum atomic E-state index is 5.75. The van der Waals surface area contributed by atoms with Gasteiger partial charge in [-0.3, -0.25) is 9.13 Å². The van der Waals surface area contributed by atoms with Gasteiger partial charge in [0.1, 0.15) is 4.83 Å². The van der Waals surface area contributed by atoms with Gasteiger partial charge in [-0.05, 0) is 59.7 Å². The van der Waals surface area contributed by atoms with Crippen LogP contribution in [0.5, 0.6) is 0 Å². The molecule has 0 saturated carbocycles. The van der Waals surface area contributed by atoms with Crippen LogP contribution in [0.1, 0.15) is 0 Å². The normalized spacial score (nSPS) is 12.5. The van der Waals surface area contributed by atoms with E-state index in [0.717, 1.165) is 43.5 Å². The van der Waals surface area contributed by atoms with E-state index in [1.54, 1.807) is 11.3 Å². The molecule has 0 spiro atoms. The maximum Gasteiger partial charge on any atom is 0.238 e. The summed E-state index contributed by atoms with van der Waals surface area (Å²) in [5.74, 6) is 1.54. The summed E-state index contributed by atoms with van der Waals surface area (Å²) in [6.45, 7) is 0. The molecule has 0 bridgehead atoms. The van der Waals surface area contributed by atoms with E-state index < -0.39 is 0 Å². The van der Waals surface area contributed by atoms with Crippen molar-refractivity contribution in [1.82, 2.24) is 23.5 Å². The minimum atomic E-state index is 0.662. The molecule has 0 saturated heterocycles. The summed E-state index contributed by atoms with van der Waals surface area (Å²) in [5.41, 5.74) is 10.5. The summed E-state index contributed by atoms with van der Waals surface area (Å²) >= 11 is 1.74. The molecule has 14 rings (SSSR count). The fraction of sp³-hybridized carbons (Fsp3) is 0. The Kier molecular flexibility index (Phi) is 5.85. The highest BCUT2D eigenvalue weighted by Crippen LogP contribution is 2.48. The third-order valence-electron chi connectivity index (χ3n) is 12.4. The lowest BCUT2D eigenvalue weighted by Gasteiger charge is -2.13. The molecular weight excluding hydrogens is 727 g/mol. The minimum absolute atomic E-state index is 0.662. The maximum absolute atomic E-state index is 5.75. The van der Waals surface area contributed by atoms with Crippen molar-refractivity contribution >= 4 is 113 Å². The fourth-order valence-electron chi connectivity index (χ4n) is 10.0. The summed E-state index contributed by atoms with van der Waals surface area (Å²) in [7, 11) is 0. The number of rotatable bonds is 3. The van der Waals surface area contributed by atoms with Gasteiger partial charge in [-0.2, -0.15) is 4.98 Å². The SMILES string of the molecule is c1ccc(-c2ccc3c(c2)c2c4c5ccccc5n5c6ccccc6c(cc2n3-c2nc(-n3c6ccccc6c6ccccc63)nc3sc6ccccc6c23)c45)cc1. The molecule has 6 heterocycles. The first-order valence-corrected chi connectivity index (χ1v) is 20.5. The predicted octanol–water partition coefficient (Wildman–Crippen LogP) is 13.9. The van der Waals surface area contributed by atoms with Gasteiger partial charge in [0.25, 0.3) is 0 Å². The third kappa shape index (κ3) is 3.85. The number of fused-ring (bicyclic) bond motifs is 16. The minimum Gasteiger partial charge on any atom is -0.308 e. The van der Waals surface area contributed by atoms with Crippen LogP contribution in [-0.2, 0) is 0 Å². The topological polar surface area (TPSA) is 40.0 Å². The first-order chi connectivity index (χ1) is 28.8. The van der Waals surface area contributed by atoms with E-state index in [9.17, 15) is 0 Å². The van der Waals surface area contributed by atoms with Gasteiger partial charge in [0.05, 0.1) is 44.0 Å². The quantitative estimate of drug-likeness (QED) is 0.180. The Labute approximate surface area is 334 Å². The Morgan fingerprint density at radius 2 is 0.948 bits per heavy atom. The second kappa shape index (κ2) is 11.1. The number of benzene rings is 8. The van der Waals surface area contributed by atoms with Gasteiger partial charge in [-0.25, -0.2) is 4.98 Å². The molecule has 0 amide bonds. The summed E-state index contributed by atoms with van der Waals surface area (Å²) < 4.78 is 8.37. The average molecular weight is 756 g/mol. The fourth-order valence-corrected chi connectivity index (χ4v) is 11.1. The van der Waals surface area contributed by atoms with Gasteiger partial charge in [-0.15, -0.1) is 11.3 Å². The van der Waals surface area contributed by atoms with Crippen LogP contribution in [0, 0.1) is 0 Å². The van der Waals surface area contributed by atoms with Crippen LogP contribution in [0.3, 0.4) is 0 Å². The molecule has 14 aromatic rings. The first-order valence-electron chi connectivity index (χ1n) is 19.7. The Morgan fingerprint density at radius 1 is 0.362 bits per heavy atom. The molecule has 58 heavy (non-hydrogen) atoms. The van der Waals surface area contributed by atoms with Crippen LogP contribution < -0.4 is 0 Å². The number of thiophene rings is 1. The van der Waals surface area contributed by atoms with Crippen molar-refractivity contribution in [3.8, 4) is 22.9 Å². The molecule has 0 atom stereocenters. The zero-order valence-electron chi connectivity index (χ0n) is 30.9. The van der Waals surface area contributed by atoms with Gasteiger partial charge in [0.2, 0.25) is 5.95 Å². The van der Waals surface area contributed by atoms with E-state index in [4.69, 9.17) is 9.97 Å². The second-order valence-electron chi connectivity index (χ2n) is 15.3. The zero-order valence-corrected chi connectivity index (χ0v) is 31.7. The Morgan fingerprint density at radius 3 is 1.69 bits per heavy atom. The van der Waals surface area contributed by atoms with Crippen LogP contribution >= 0.6 is 11.3 Å². The van der Waals surface area contributed by atoms with Gasteiger partial charge in [-0.1, -0.05) is 127 Å². The molecule has 5 nitrogen and oxygen atoms in total. The number of aromatic nitrogens is 5. The van der Waals surface area contributed by atoms with Crippen molar-refractivity contribution in [2.24, 2.45) is 0 Å². The highest BCUT2D eigenvalue weighted by Gasteiger charge is 2.27. The molecule has 0 aliphatic heterocycles. The van der Waals surface area contributed by atoms with Crippen molar-refractivity contribution in [1.29, 1.82) is 0 Å². The van der Waals surface area contributed by atoms with Crippen LogP contribution in [0.2, 0.25) is 0 Å². The van der Waals surface area contributed by atoms with Crippen molar-refractivity contribution in [2.75, 3.05) is 0 Å². The van der Waals surface area contributed by atoms with Crippen LogP contribution in [0.4, 0.5) is 0 Å². The van der Waals surface area contributed by atoms with Crippen LogP contribution in [0.15, 0.2) is 176 Å². The Bertz CT molecular complexity index is 3980. The van der Waals surface area contributed by atoms with Crippen molar-refractivity contribution in [2.45, 2.75) is 0 Å². The van der Waals surface area contributed by atoms with Crippen molar-refractivity contribution in [3.63, 3.8) is 0 Å². The molecule has 0 aliphatic carbocycles. The number of hydrogen-bond acceptors (Lipinski definition) is 3. The van der Waals surface area contributed by atoms with E-state index in [-0.39, 0.29) is 0 Å². The summed E-state index contributed by atoms with van der Waals surface area (Å²) in [6.07, 6.45) is 0. The molecule has 0 fully saturated rings. The predicted molar refractivity (Wildman–Crippen MR) is 244 cm³/mol. The lowest BCUT2D eigenvalue weighted by molar-refractivity contribution is 0.977. The van der Waals surface area contributed by atoms with Crippen LogP contribution in [0.25, 0.3) is 125 Å². The van der Waals surface area contributed by atoms with E-state index >= 15 is 0 Å². The number of nitrogens with zero attached hydrogens (tertiary/aromatic N) is 5. The lowest BCUT2D eigenvalue weighted by atomic mass is 9.99. The monoisotopic (exact) mass is 755 g/mol. The van der Waals surface area contributed by atoms with Crippen LogP contribution in [-0.4, -0.2) is 23.5 Å². The van der Waals surface area contributed by atoms with E-state index in [1.807, 2.05) is 0 Å². The van der Waals surface area contributed by atoms with Crippen molar-refractivity contribution < 1.29 is 0 Å². The second-order valence-corrected chi connectivity index (χ2v) is 16.4. The Balaban J connectivity index is 1.22. The highest BCUT2D eigenvalue weighted by atomic mass is 32.1. The molecule has 268 valence electrons. The van der Waals surface area contributed by atoms with Gasteiger partial charge in [0.15, 0.2) is 5.82 Å². The van der Waals surface area contributed by atoms with E-state index in [1.165, 1.54) is 75.5 Å². The smallest absolute Gasteiger partial charge is 0.238 e. The molecule has 0 unspecified atom stereocenters. The highest BCUT2D eigenvalue weighted by molar-refractivity contribution is 7.25. The van der Waals surface area contributed by atoms with Gasteiger partial charge < -0.3 is 4.40 Å². The number of para-hydroxylation sites is 4. The molecule has 8 aromatic carbocycles. The molecule has 0 N–H and O–H groups in total. The average Bonchev–Trinajstić information content (AvgIpc) is 4.08. The van der Waals surface area contributed by atoms with E-state index in [2.05, 4.69) is 189 Å².